The Bertz CT molecular complexity index is 477. The maximum Gasteiger partial charge on any atom is 0.0419 e. The molecule has 0 aromatic heterocycles. The standard InChI is InChI=1S/C16H23N3.ClH/c1-3-13-6-7-17-16(13)14(4-1)11-18-9-10-19-8-2-5-15(19)12-18;/h1,3-4,15,17H,2,5-12H2;1H. The Kier molecular flexibility index (Phi) is 4.20. The van der Waals surface area contributed by atoms with E-state index in [2.05, 4.69) is 33.3 Å². The van der Waals surface area contributed by atoms with Crippen LogP contribution in [0.5, 0.6) is 0 Å². The highest BCUT2D eigenvalue weighted by Gasteiger charge is 2.30. The Morgan fingerprint density at radius 3 is 3.10 bits per heavy atom. The number of rotatable bonds is 2. The fourth-order valence-electron chi connectivity index (χ4n) is 3.98. The van der Waals surface area contributed by atoms with Crippen LogP contribution >= 0.6 is 12.4 Å². The lowest BCUT2D eigenvalue weighted by Crippen LogP contribution is -2.49. The maximum atomic E-state index is 3.57. The minimum atomic E-state index is 0. The molecule has 0 radical (unpaired) electrons. The largest absolute Gasteiger partial charge is 0.384 e. The van der Waals surface area contributed by atoms with Crippen LogP contribution in [0.4, 0.5) is 5.69 Å². The molecule has 2 fully saturated rings. The second-order valence-corrected chi connectivity index (χ2v) is 6.20. The third-order valence-electron chi connectivity index (χ3n) is 5.00. The first-order chi connectivity index (χ1) is 9.40. The fraction of sp³-hybridized carbons (Fsp3) is 0.625. The zero-order chi connectivity index (χ0) is 12.7. The summed E-state index contributed by atoms with van der Waals surface area (Å²) in [7, 11) is 0. The zero-order valence-corrected chi connectivity index (χ0v) is 12.8. The monoisotopic (exact) mass is 293 g/mol. The molecule has 0 spiro atoms. The number of para-hydroxylation sites is 1. The van der Waals surface area contributed by atoms with Crippen LogP contribution in [0, 0.1) is 0 Å². The first-order valence-electron chi connectivity index (χ1n) is 7.71. The number of fused-ring (bicyclic) bond motifs is 2. The van der Waals surface area contributed by atoms with Crippen LogP contribution in [0.2, 0.25) is 0 Å². The molecule has 3 heterocycles. The van der Waals surface area contributed by atoms with Crippen molar-refractivity contribution >= 4 is 18.1 Å². The molecule has 2 saturated heterocycles. The van der Waals surface area contributed by atoms with Gasteiger partial charge in [0.2, 0.25) is 0 Å². The van der Waals surface area contributed by atoms with E-state index in [4.69, 9.17) is 0 Å². The van der Waals surface area contributed by atoms with Gasteiger partial charge in [-0.3, -0.25) is 9.80 Å². The minimum Gasteiger partial charge on any atom is -0.384 e. The Morgan fingerprint density at radius 2 is 2.15 bits per heavy atom. The quantitative estimate of drug-likeness (QED) is 0.903. The molecule has 3 aliphatic heterocycles. The molecule has 0 aliphatic carbocycles. The SMILES string of the molecule is Cl.c1cc2c(c(CN3CCN4CCCC4C3)c1)NCC2. The van der Waals surface area contributed by atoms with Crippen LogP contribution in [0.3, 0.4) is 0 Å². The van der Waals surface area contributed by atoms with E-state index in [-0.39, 0.29) is 12.4 Å². The predicted octanol–water partition coefficient (Wildman–Crippen LogP) is 2.36. The number of benzene rings is 1. The van der Waals surface area contributed by atoms with E-state index in [0.717, 1.165) is 19.1 Å². The van der Waals surface area contributed by atoms with Gasteiger partial charge in [-0.25, -0.2) is 0 Å². The minimum absolute atomic E-state index is 0. The Hall–Kier alpha value is -0.770. The van der Waals surface area contributed by atoms with Gasteiger partial charge in [-0.2, -0.15) is 0 Å². The molecule has 4 rings (SSSR count). The van der Waals surface area contributed by atoms with E-state index in [1.807, 2.05) is 0 Å². The summed E-state index contributed by atoms with van der Waals surface area (Å²) in [5, 5.41) is 3.57. The molecule has 1 aromatic rings. The molecular formula is C16H24ClN3. The number of piperazine rings is 1. The first kappa shape index (κ1) is 14.2. The smallest absolute Gasteiger partial charge is 0.0419 e. The molecule has 110 valence electrons. The summed E-state index contributed by atoms with van der Waals surface area (Å²) in [6.45, 7) is 7.35. The zero-order valence-electron chi connectivity index (χ0n) is 12.0. The number of hydrogen-bond acceptors (Lipinski definition) is 3. The second kappa shape index (κ2) is 5.92. The third kappa shape index (κ3) is 2.54. The Balaban J connectivity index is 0.00000121. The van der Waals surface area contributed by atoms with Crippen molar-refractivity contribution in [1.82, 2.24) is 9.80 Å². The lowest BCUT2D eigenvalue weighted by molar-refractivity contribution is 0.0995. The third-order valence-corrected chi connectivity index (χ3v) is 5.00. The van der Waals surface area contributed by atoms with Gasteiger partial charge in [0.1, 0.15) is 0 Å². The van der Waals surface area contributed by atoms with Gasteiger partial charge in [0.25, 0.3) is 0 Å². The number of anilines is 1. The van der Waals surface area contributed by atoms with Crippen LogP contribution in [-0.4, -0.2) is 48.6 Å². The van der Waals surface area contributed by atoms with Gasteiger partial charge in [-0.05, 0) is 36.9 Å². The molecular weight excluding hydrogens is 270 g/mol. The molecule has 1 atom stereocenters. The van der Waals surface area contributed by atoms with Gasteiger partial charge in [0.15, 0.2) is 0 Å². The highest BCUT2D eigenvalue weighted by molar-refractivity contribution is 5.85. The van der Waals surface area contributed by atoms with Gasteiger partial charge < -0.3 is 5.32 Å². The molecule has 0 saturated carbocycles. The van der Waals surface area contributed by atoms with Crippen LogP contribution in [-0.2, 0) is 13.0 Å². The van der Waals surface area contributed by atoms with Crippen molar-refractivity contribution in [3.8, 4) is 0 Å². The van der Waals surface area contributed by atoms with E-state index in [0.29, 0.717) is 0 Å². The number of nitrogens with one attached hydrogen (secondary N) is 1. The van der Waals surface area contributed by atoms with Crippen LogP contribution < -0.4 is 5.32 Å². The molecule has 0 amide bonds. The number of hydrogen-bond donors (Lipinski definition) is 1. The van der Waals surface area contributed by atoms with Crippen molar-refractivity contribution in [2.45, 2.75) is 31.8 Å². The first-order valence-corrected chi connectivity index (χ1v) is 7.71. The summed E-state index contributed by atoms with van der Waals surface area (Å²) in [5.74, 6) is 0. The number of nitrogens with zero attached hydrogens (tertiary/aromatic N) is 2. The summed E-state index contributed by atoms with van der Waals surface area (Å²) < 4.78 is 0. The summed E-state index contributed by atoms with van der Waals surface area (Å²) >= 11 is 0. The molecule has 4 heteroatoms. The fourth-order valence-corrected chi connectivity index (χ4v) is 3.98. The molecule has 3 nitrogen and oxygen atoms in total. The lowest BCUT2D eigenvalue weighted by Gasteiger charge is -2.37. The highest BCUT2D eigenvalue weighted by atomic mass is 35.5. The lowest BCUT2D eigenvalue weighted by atomic mass is 10.1. The topological polar surface area (TPSA) is 18.5 Å². The van der Waals surface area contributed by atoms with E-state index in [9.17, 15) is 0 Å². The van der Waals surface area contributed by atoms with Crippen molar-refractivity contribution in [2.24, 2.45) is 0 Å². The van der Waals surface area contributed by atoms with Gasteiger partial charge in [0, 0.05) is 44.5 Å². The van der Waals surface area contributed by atoms with E-state index in [1.165, 1.54) is 62.3 Å². The summed E-state index contributed by atoms with van der Waals surface area (Å²) in [6, 6.07) is 7.64. The van der Waals surface area contributed by atoms with Crippen molar-refractivity contribution in [3.63, 3.8) is 0 Å². The van der Waals surface area contributed by atoms with Gasteiger partial charge in [-0.15, -0.1) is 12.4 Å². The average Bonchev–Trinajstić information content (AvgIpc) is 3.06. The van der Waals surface area contributed by atoms with Crippen LogP contribution in [0.1, 0.15) is 24.0 Å². The second-order valence-electron chi connectivity index (χ2n) is 6.20. The Labute approximate surface area is 127 Å². The normalized spacial score (nSPS) is 25.7. The summed E-state index contributed by atoms with van der Waals surface area (Å²) in [5.41, 5.74) is 4.44. The summed E-state index contributed by atoms with van der Waals surface area (Å²) in [6.07, 6.45) is 4.00. The Morgan fingerprint density at radius 1 is 1.20 bits per heavy atom. The van der Waals surface area contributed by atoms with Crippen molar-refractivity contribution in [1.29, 1.82) is 0 Å². The van der Waals surface area contributed by atoms with Gasteiger partial charge >= 0.3 is 0 Å². The van der Waals surface area contributed by atoms with Crippen LogP contribution in [0.15, 0.2) is 18.2 Å². The van der Waals surface area contributed by atoms with Crippen molar-refractivity contribution in [2.75, 3.05) is 38.0 Å². The number of halogens is 1. The summed E-state index contributed by atoms with van der Waals surface area (Å²) in [4.78, 5) is 5.34. The molecule has 1 N–H and O–H groups in total. The molecule has 1 unspecified atom stereocenters. The average molecular weight is 294 g/mol. The van der Waals surface area contributed by atoms with Gasteiger partial charge in [0.05, 0.1) is 0 Å². The van der Waals surface area contributed by atoms with Crippen LogP contribution in [0.25, 0.3) is 0 Å². The van der Waals surface area contributed by atoms with E-state index in [1.54, 1.807) is 0 Å². The maximum absolute atomic E-state index is 3.57. The van der Waals surface area contributed by atoms with Crippen molar-refractivity contribution < 1.29 is 0 Å². The molecule has 20 heavy (non-hydrogen) atoms. The molecule has 1 aromatic carbocycles. The van der Waals surface area contributed by atoms with E-state index < -0.39 is 0 Å². The van der Waals surface area contributed by atoms with E-state index >= 15 is 0 Å². The van der Waals surface area contributed by atoms with Crippen molar-refractivity contribution in [3.05, 3.63) is 29.3 Å². The molecule has 3 aliphatic rings. The van der Waals surface area contributed by atoms with Gasteiger partial charge in [-0.1, -0.05) is 18.2 Å². The molecule has 0 bridgehead atoms. The highest BCUT2D eigenvalue weighted by Crippen LogP contribution is 2.29. The predicted molar refractivity (Wildman–Crippen MR) is 85.8 cm³/mol.